The lowest BCUT2D eigenvalue weighted by Gasteiger charge is -2.19. The highest BCUT2D eigenvalue weighted by atomic mass is 32.2. The molecule has 21 heavy (non-hydrogen) atoms. The number of sulfone groups is 1. The van der Waals surface area contributed by atoms with Gasteiger partial charge >= 0.3 is 0 Å². The van der Waals surface area contributed by atoms with E-state index < -0.39 is 33.3 Å². The lowest BCUT2D eigenvalue weighted by molar-refractivity contribution is 0.443. The average molecular weight is 323 g/mol. The number of benzene rings is 1. The van der Waals surface area contributed by atoms with Crippen molar-refractivity contribution in [3.8, 4) is 0 Å². The van der Waals surface area contributed by atoms with E-state index in [1.54, 1.807) is 13.8 Å². The van der Waals surface area contributed by atoms with Crippen LogP contribution in [0.1, 0.15) is 38.3 Å². The predicted molar refractivity (Wildman–Crippen MR) is 76.3 cm³/mol. The Kier molecular flexibility index (Phi) is 6.67. The van der Waals surface area contributed by atoms with Crippen LogP contribution in [0.5, 0.6) is 0 Å². The van der Waals surface area contributed by atoms with Crippen molar-refractivity contribution in [2.75, 3.05) is 18.1 Å². The zero-order valence-electron chi connectivity index (χ0n) is 12.1. The Morgan fingerprint density at radius 3 is 2.19 bits per heavy atom. The number of rotatable bonds is 8. The Labute approximate surface area is 123 Å². The van der Waals surface area contributed by atoms with Crippen LogP contribution in [0.2, 0.25) is 0 Å². The van der Waals surface area contributed by atoms with Crippen molar-refractivity contribution in [3.05, 3.63) is 35.1 Å². The highest BCUT2D eigenvalue weighted by molar-refractivity contribution is 7.91. The van der Waals surface area contributed by atoms with Crippen LogP contribution in [0, 0.1) is 17.5 Å². The van der Waals surface area contributed by atoms with Gasteiger partial charge in [-0.1, -0.05) is 13.8 Å². The van der Waals surface area contributed by atoms with E-state index in [9.17, 15) is 21.6 Å². The van der Waals surface area contributed by atoms with E-state index in [0.29, 0.717) is 18.7 Å². The summed E-state index contributed by atoms with van der Waals surface area (Å²) < 4.78 is 63.4. The van der Waals surface area contributed by atoms with Gasteiger partial charge in [0.25, 0.3) is 0 Å². The molecule has 0 aromatic heterocycles. The van der Waals surface area contributed by atoms with Crippen molar-refractivity contribution in [1.82, 2.24) is 5.32 Å². The Morgan fingerprint density at radius 2 is 1.71 bits per heavy atom. The van der Waals surface area contributed by atoms with Crippen molar-refractivity contribution in [3.63, 3.8) is 0 Å². The fraction of sp³-hybridized carbons (Fsp3) is 0.571. The summed E-state index contributed by atoms with van der Waals surface area (Å²) in [6, 6.07) is 0.583. The fourth-order valence-electron chi connectivity index (χ4n) is 2.13. The van der Waals surface area contributed by atoms with Crippen LogP contribution in [0.15, 0.2) is 12.1 Å². The molecule has 0 fully saturated rings. The van der Waals surface area contributed by atoms with Crippen LogP contribution in [0.25, 0.3) is 0 Å². The molecule has 1 rings (SSSR count). The second-order valence-corrected chi connectivity index (χ2v) is 7.24. The van der Waals surface area contributed by atoms with Crippen LogP contribution < -0.4 is 5.32 Å². The van der Waals surface area contributed by atoms with E-state index >= 15 is 0 Å². The van der Waals surface area contributed by atoms with Gasteiger partial charge in [0.15, 0.2) is 0 Å². The molecule has 1 unspecified atom stereocenters. The molecule has 7 heteroatoms. The van der Waals surface area contributed by atoms with E-state index in [-0.39, 0.29) is 29.9 Å². The standard InChI is InChI=1S/C14H20F3NO2S/c1-3-18-13(6-5-7-21(19,20)4-2)14-11(16)8-10(15)9-12(14)17/h8-9,13,18H,3-7H2,1-2H3. The molecule has 0 aliphatic carbocycles. The minimum absolute atomic E-state index is 0.0319. The Bertz CT molecular complexity index is 553. The summed E-state index contributed by atoms with van der Waals surface area (Å²) >= 11 is 0. The Balaban J connectivity index is 2.88. The quantitative estimate of drug-likeness (QED) is 0.800. The third-order valence-electron chi connectivity index (χ3n) is 3.23. The van der Waals surface area contributed by atoms with Gasteiger partial charge in [0.1, 0.15) is 27.3 Å². The summed E-state index contributed by atoms with van der Waals surface area (Å²) in [7, 11) is -3.11. The molecule has 0 aliphatic heterocycles. The Morgan fingerprint density at radius 1 is 1.14 bits per heavy atom. The molecule has 1 aromatic carbocycles. The first-order valence-electron chi connectivity index (χ1n) is 6.89. The molecule has 0 amide bonds. The summed E-state index contributed by atoms with van der Waals surface area (Å²) in [5.41, 5.74) is -0.243. The molecular formula is C14H20F3NO2S. The highest BCUT2D eigenvalue weighted by Gasteiger charge is 2.21. The lowest BCUT2D eigenvalue weighted by atomic mass is 10.0. The zero-order chi connectivity index (χ0) is 16.0. The van der Waals surface area contributed by atoms with E-state index in [1.165, 1.54) is 0 Å². The maximum atomic E-state index is 13.8. The predicted octanol–water partition coefficient (Wildman–Crippen LogP) is 2.97. The monoisotopic (exact) mass is 323 g/mol. The molecular weight excluding hydrogens is 303 g/mol. The van der Waals surface area contributed by atoms with E-state index in [2.05, 4.69) is 5.32 Å². The van der Waals surface area contributed by atoms with Gasteiger partial charge in [0.2, 0.25) is 0 Å². The molecule has 0 bridgehead atoms. The second kappa shape index (κ2) is 7.79. The molecule has 0 radical (unpaired) electrons. The molecule has 0 aliphatic rings. The molecule has 1 N–H and O–H groups in total. The summed E-state index contributed by atoms with van der Waals surface area (Å²) in [6.45, 7) is 3.78. The molecule has 1 atom stereocenters. The minimum Gasteiger partial charge on any atom is -0.310 e. The molecule has 0 saturated carbocycles. The first-order chi connectivity index (χ1) is 9.80. The number of hydrogen-bond donors (Lipinski definition) is 1. The first-order valence-corrected chi connectivity index (χ1v) is 8.71. The van der Waals surface area contributed by atoms with Crippen LogP contribution in [0.3, 0.4) is 0 Å². The third-order valence-corrected chi connectivity index (χ3v) is 5.02. The topological polar surface area (TPSA) is 46.2 Å². The maximum Gasteiger partial charge on any atom is 0.150 e. The van der Waals surface area contributed by atoms with Crippen molar-refractivity contribution < 1.29 is 21.6 Å². The van der Waals surface area contributed by atoms with Crippen LogP contribution in [-0.2, 0) is 9.84 Å². The molecule has 0 saturated heterocycles. The lowest BCUT2D eigenvalue weighted by Crippen LogP contribution is -2.24. The van der Waals surface area contributed by atoms with Crippen LogP contribution in [-0.4, -0.2) is 26.5 Å². The van der Waals surface area contributed by atoms with Gasteiger partial charge in [-0.15, -0.1) is 0 Å². The zero-order valence-corrected chi connectivity index (χ0v) is 12.9. The van der Waals surface area contributed by atoms with E-state index in [4.69, 9.17) is 0 Å². The van der Waals surface area contributed by atoms with Gasteiger partial charge in [-0.25, -0.2) is 21.6 Å². The molecule has 0 heterocycles. The van der Waals surface area contributed by atoms with Crippen molar-refractivity contribution in [2.24, 2.45) is 0 Å². The summed E-state index contributed by atoms with van der Waals surface area (Å²) in [5, 5.41) is 2.91. The maximum absolute atomic E-state index is 13.8. The largest absolute Gasteiger partial charge is 0.310 e. The number of nitrogens with one attached hydrogen (secondary N) is 1. The van der Waals surface area contributed by atoms with Crippen molar-refractivity contribution in [1.29, 1.82) is 0 Å². The SMILES string of the molecule is CCNC(CCCS(=O)(=O)CC)c1c(F)cc(F)cc1F. The second-order valence-electron chi connectivity index (χ2n) is 4.77. The Hall–Kier alpha value is -1.08. The van der Waals surface area contributed by atoms with Crippen LogP contribution in [0.4, 0.5) is 13.2 Å². The molecule has 3 nitrogen and oxygen atoms in total. The van der Waals surface area contributed by atoms with Gasteiger partial charge < -0.3 is 5.32 Å². The highest BCUT2D eigenvalue weighted by Crippen LogP contribution is 2.25. The molecule has 120 valence electrons. The smallest absolute Gasteiger partial charge is 0.150 e. The van der Waals surface area contributed by atoms with Crippen LogP contribution >= 0.6 is 0 Å². The molecule has 0 spiro atoms. The normalized spacial score (nSPS) is 13.4. The van der Waals surface area contributed by atoms with E-state index in [0.717, 1.165) is 0 Å². The van der Waals surface area contributed by atoms with Gasteiger partial charge in [0.05, 0.1) is 5.75 Å². The number of hydrogen-bond acceptors (Lipinski definition) is 3. The van der Waals surface area contributed by atoms with Gasteiger partial charge in [0, 0.05) is 29.5 Å². The van der Waals surface area contributed by atoms with Gasteiger partial charge in [-0.2, -0.15) is 0 Å². The molecule has 1 aromatic rings. The third kappa shape index (κ3) is 5.32. The van der Waals surface area contributed by atoms with Crippen molar-refractivity contribution >= 4 is 9.84 Å². The van der Waals surface area contributed by atoms with Crippen molar-refractivity contribution in [2.45, 2.75) is 32.7 Å². The fourth-order valence-corrected chi connectivity index (χ4v) is 3.03. The minimum atomic E-state index is -3.11. The summed E-state index contributed by atoms with van der Waals surface area (Å²) in [5.74, 6) is -2.89. The van der Waals surface area contributed by atoms with Gasteiger partial charge in [-0.05, 0) is 19.4 Å². The number of halogens is 3. The summed E-state index contributed by atoms with van der Waals surface area (Å²) in [6.07, 6.45) is 0.538. The van der Waals surface area contributed by atoms with E-state index in [1.807, 2.05) is 0 Å². The van der Waals surface area contributed by atoms with Gasteiger partial charge in [-0.3, -0.25) is 0 Å². The first kappa shape index (κ1) is 18.0. The summed E-state index contributed by atoms with van der Waals surface area (Å²) in [4.78, 5) is 0. The average Bonchev–Trinajstić information content (AvgIpc) is 2.37.